The van der Waals surface area contributed by atoms with Gasteiger partial charge in [0.25, 0.3) is 0 Å². The lowest BCUT2D eigenvalue weighted by Gasteiger charge is -2.14. The number of carboxylic acids is 1. The standard InChI is InChI=1S/C10H14O3S/c1-3-7(4-2)13-8-5-6-14-9(8)10(11)12/h5-7H,3-4H2,1-2H3,(H,11,12). The van der Waals surface area contributed by atoms with Gasteiger partial charge >= 0.3 is 5.97 Å². The number of hydrogen-bond acceptors (Lipinski definition) is 3. The van der Waals surface area contributed by atoms with Gasteiger partial charge in [0, 0.05) is 0 Å². The molecule has 1 N–H and O–H groups in total. The van der Waals surface area contributed by atoms with Crippen LogP contribution in [0.15, 0.2) is 11.4 Å². The molecule has 0 saturated carbocycles. The maximum Gasteiger partial charge on any atom is 0.349 e. The Hall–Kier alpha value is -1.03. The van der Waals surface area contributed by atoms with E-state index in [4.69, 9.17) is 9.84 Å². The predicted molar refractivity (Wildman–Crippen MR) is 56.3 cm³/mol. The van der Waals surface area contributed by atoms with E-state index in [0.29, 0.717) is 5.75 Å². The fourth-order valence-electron chi connectivity index (χ4n) is 1.18. The molecule has 4 heteroatoms. The average molecular weight is 214 g/mol. The van der Waals surface area contributed by atoms with Crippen LogP contribution in [0, 0.1) is 0 Å². The first kappa shape index (κ1) is 11.0. The number of rotatable bonds is 5. The third-order valence-electron chi connectivity index (χ3n) is 2.03. The van der Waals surface area contributed by atoms with Crippen LogP contribution in [0.2, 0.25) is 0 Å². The van der Waals surface area contributed by atoms with Crippen molar-refractivity contribution in [2.75, 3.05) is 0 Å². The van der Waals surface area contributed by atoms with Gasteiger partial charge in [-0.2, -0.15) is 0 Å². The summed E-state index contributed by atoms with van der Waals surface area (Å²) in [6.45, 7) is 4.06. The van der Waals surface area contributed by atoms with Crippen LogP contribution >= 0.6 is 11.3 Å². The van der Waals surface area contributed by atoms with E-state index in [-0.39, 0.29) is 11.0 Å². The molecule has 0 radical (unpaired) electrons. The molecule has 78 valence electrons. The largest absolute Gasteiger partial charge is 0.489 e. The number of ether oxygens (including phenoxy) is 1. The highest BCUT2D eigenvalue weighted by molar-refractivity contribution is 7.12. The molecule has 0 spiro atoms. The Morgan fingerprint density at radius 1 is 1.57 bits per heavy atom. The summed E-state index contributed by atoms with van der Waals surface area (Å²) in [5, 5.41) is 10.6. The predicted octanol–water partition coefficient (Wildman–Crippen LogP) is 3.01. The van der Waals surface area contributed by atoms with Crippen molar-refractivity contribution in [3.8, 4) is 5.75 Å². The van der Waals surface area contributed by atoms with E-state index in [0.717, 1.165) is 12.8 Å². The molecule has 3 nitrogen and oxygen atoms in total. The quantitative estimate of drug-likeness (QED) is 0.819. The zero-order valence-electron chi connectivity index (χ0n) is 8.32. The number of carboxylic acid groups (broad SMARTS) is 1. The van der Waals surface area contributed by atoms with E-state index in [1.54, 1.807) is 11.4 Å². The van der Waals surface area contributed by atoms with E-state index in [9.17, 15) is 4.79 Å². The van der Waals surface area contributed by atoms with E-state index in [1.165, 1.54) is 11.3 Å². The van der Waals surface area contributed by atoms with Crippen molar-refractivity contribution in [2.24, 2.45) is 0 Å². The monoisotopic (exact) mass is 214 g/mol. The van der Waals surface area contributed by atoms with Gasteiger partial charge < -0.3 is 9.84 Å². The van der Waals surface area contributed by atoms with Crippen LogP contribution in [0.25, 0.3) is 0 Å². The molecular formula is C10H14O3S. The fraction of sp³-hybridized carbons (Fsp3) is 0.500. The molecule has 1 heterocycles. The smallest absolute Gasteiger partial charge is 0.349 e. The first-order valence-corrected chi connectivity index (χ1v) is 5.54. The van der Waals surface area contributed by atoms with Gasteiger partial charge in [-0.05, 0) is 24.3 Å². The van der Waals surface area contributed by atoms with Gasteiger partial charge in [-0.25, -0.2) is 4.79 Å². The Bertz CT molecular complexity index is 302. The summed E-state index contributed by atoms with van der Waals surface area (Å²) in [5.41, 5.74) is 0. The number of aromatic carboxylic acids is 1. The van der Waals surface area contributed by atoms with Crippen LogP contribution < -0.4 is 4.74 Å². The molecule has 0 unspecified atom stereocenters. The van der Waals surface area contributed by atoms with Gasteiger partial charge in [0.2, 0.25) is 0 Å². The van der Waals surface area contributed by atoms with E-state index in [2.05, 4.69) is 0 Å². The van der Waals surface area contributed by atoms with Crippen LogP contribution in [0.4, 0.5) is 0 Å². The van der Waals surface area contributed by atoms with Crippen LogP contribution in [-0.4, -0.2) is 17.2 Å². The summed E-state index contributed by atoms with van der Waals surface area (Å²) in [4.78, 5) is 11.1. The van der Waals surface area contributed by atoms with Crippen molar-refractivity contribution in [2.45, 2.75) is 32.8 Å². The lowest BCUT2D eigenvalue weighted by Crippen LogP contribution is -2.14. The van der Waals surface area contributed by atoms with Gasteiger partial charge in [-0.3, -0.25) is 0 Å². The summed E-state index contributed by atoms with van der Waals surface area (Å²) in [5.74, 6) is -0.419. The summed E-state index contributed by atoms with van der Waals surface area (Å²) in [7, 11) is 0. The molecule has 1 aromatic rings. The zero-order valence-corrected chi connectivity index (χ0v) is 9.13. The highest BCUT2D eigenvalue weighted by atomic mass is 32.1. The third kappa shape index (κ3) is 2.48. The first-order valence-electron chi connectivity index (χ1n) is 4.66. The van der Waals surface area contributed by atoms with Gasteiger partial charge in [0.1, 0.15) is 5.75 Å². The molecule has 0 atom stereocenters. The zero-order chi connectivity index (χ0) is 10.6. The minimum Gasteiger partial charge on any atom is -0.489 e. The second-order valence-corrected chi connectivity index (χ2v) is 3.89. The Morgan fingerprint density at radius 3 is 2.71 bits per heavy atom. The number of carbonyl (C=O) groups is 1. The van der Waals surface area contributed by atoms with Crippen LogP contribution in [0.3, 0.4) is 0 Å². The Labute approximate surface area is 87.3 Å². The summed E-state index contributed by atoms with van der Waals surface area (Å²) in [6, 6.07) is 1.71. The van der Waals surface area contributed by atoms with E-state index >= 15 is 0 Å². The summed E-state index contributed by atoms with van der Waals surface area (Å²) in [6.07, 6.45) is 1.90. The molecule has 1 rings (SSSR count). The van der Waals surface area contributed by atoms with Crippen LogP contribution in [0.1, 0.15) is 36.4 Å². The molecule has 0 saturated heterocycles. The molecule has 0 aliphatic carbocycles. The molecule has 0 aromatic carbocycles. The van der Waals surface area contributed by atoms with Crippen molar-refractivity contribution in [3.63, 3.8) is 0 Å². The number of hydrogen-bond donors (Lipinski definition) is 1. The molecule has 14 heavy (non-hydrogen) atoms. The Kier molecular flexibility index (Phi) is 3.95. The molecule has 0 fully saturated rings. The van der Waals surface area contributed by atoms with Gasteiger partial charge in [-0.1, -0.05) is 13.8 Å². The maximum atomic E-state index is 10.8. The Balaban J connectivity index is 2.75. The second-order valence-electron chi connectivity index (χ2n) is 2.98. The Morgan fingerprint density at radius 2 is 2.21 bits per heavy atom. The SMILES string of the molecule is CCC(CC)Oc1ccsc1C(=O)O. The lowest BCUT2D eigenvalue weighted by molar-refractivity contribution is 0.0694. The molecule has 0 bridgehead atoms. The minimum atomic E-state index is -0.916. The summed E-state index contributed by atoms with van der Waals surface area (Å²) < 4.78 is 5.57. The van der Waals surface area contributed by atoms with Gasteiger partial charge in [0.05, 0.1) is 6.10 Å². The van der Waals surface area contributed by atoms with E-state index in [1.807, 2.05) is 13.8 Å². The molecule has 1 aromatic heterocycles. The van der Waals surface area contributed by atoms with Gasteiger partial charge in [0.15, 0.2) is 4.88 Å². The van der Waals surface area contributed by atoms with Crippen molar-refractivity contribution < 1.29 is 14.6 Å². The van der Waals surface area contributed by atoms with Crippen LogP contribution in [0.5, 0.6) is 5.75 Å². The lowest BCUT2D eigenvalue weighted by atomic mass is 10.2. The third-order valence-corrected chi connectivity index (χ3v) is 2.91. The topological polar surface area (TPSA) is 46.5 Å². The number of thiophene rings is 1. The second kappa shape index (κ2) is 5.00. The molecule has 0 amide bonds. The van der Waals surface area contributed by atoms with Gasteiger partial charge in [-0.15, -0.1) is 11.3 Å². The minimum absolute atomic E-state index is 0.114. The highest BCUT2D eigenvalue weighted by Gasteiger charge is 2.15. The van der Waals surface area contributed by atoms with Crippen molar-refractivity contribution >= 4 is 17.3 Å². The van der Waals surface area contributed by atoms with Crippen molar-refractivity contribution in [1.82, 2.24) is 0 Å². The fourth-order valence-corrected chi connectivity index (χ4v) is 1.84. The van der Waals surface area contributed by atoms with E-state index < -0.39 is 5.97 Å². The van der Waals surface area contributed by atoms with Crippen molar-refractivity contribution in [1.29, 1.82) is 0 Å². The highest BCUT2D eigenvalue weighted by Crippen LogP contribution is 2.26. The molecular weight excluding hydrogens is 200 g/mol. The molecule has 0 aliphatic rings. The first-order chi connectivity index (χ1) is 6.69. The summed E-state index contributed by atoms with van der Waals surface area (Å²) >= 11 is 1.20. The maximum absolute atomic E-state index is 10.8. The normalized spacial score (nSPS) is 10.5. The van der Waals surface area contributed by atoms with Crippen molar-refractivity contribution in [3.05, 3.63) is 16.3 Å². The average Bonchev–Trinajstić information content (AvgIpc) is 2.62. The van der Waals surface area contributed by atoms with Crippen LogP contribution in [-0.2, 0) is 0 Å². The molecule has 0 aliphatic heterocycles.